The summed E-state index contributed by atoms with van der Waals surface area (Å²) in [4.78, 5) is 13.9. The lowest BCUT2D eigenvalue weighted by atomic mass is 9.94. The summed E-state index contributed by atoms with van der Waals surface area (Å²) in [6, 6.07) is 2.99. The molecule has 9 nitrogen and oxygen atoms in total. The molecule has 0 aliphatic rings. The first-order valence-electron chi connectivity index (χ1n) is 9.59. The maximum Gasteiger partial charge on any atom is 0.204 e. The molecule has 0 bridgehead atoms. The Morgan fingerprint density at radius 2 is 1.36 bits per heavy atom. The summed E-state index contributed by atoms with van der Waals surface area (Å²) in [5.41, 5.74) is 0.631. The topological polar surface area (TPSA) is 102 Å². The van der Waals surface area contributed by atoms with E-state index in [2.05, 4.69) is 0 Å². The van der Waals surface area contributed by atoms with Crippen LogP contribution < -0.4 is 18.9 Å². The first kappa shape index (κ1) is 27.0. The highest BCUT2D eigenvalue weighted by Crippen LogP contribution is 2.47. The van der Waals surface area contributed by atoms with Crippen LogP contribution in [0, 0.1) is 6.92 Å². The minimum absolute atomic E-state index is 0.00201. The van der Waals surface area contributed by atoms with Crippen LogP contribution in [0.3, 0.4) is 0 Å². The molecule has 0 saturated heterocycles. The molecule has 2 aromatic carbocycles. The van der Waals surface area contributed by atoms with Gasteiger partial charge in [0.2, 0.25) is 5.78 Å². The third kappa shape index (κ3) is 6.00. The van der Waals surface area contributed by atoms with Crippen molar-refractivity contribution < 1.29 is 43.1 Å². The number of carbonyl (C=O) groups excluding carboxylic acids is 1. The first-order valence-corrected chi connectivity index (χ1v) is 10.3. The maximum atomic E-state index is 13.9. The van der Waals surface area contributed by atoms with Crippen molar-refractivity contribution in [3.8, 4) is 23.0 Å². The molecule has 0 fully saturated rings. The average molecular weight is 505 g/mol. The zero-order chi connectivity index (χ0) is 24.5. The predicted octanol–water partition coefficient (Wildman–Crippen LogP) is 3.98. The van der Waals surface area contributed by atoms with E-state index in [0.717, 1.165) is 0 Å². The first-order chi connectivity index (χ1) is 15.9. The van der Waals surface area contributed by atoms with E-state index in [1.54, 1.807) is 6.92 Å². The van der Waals surface area contributed by atoms with Crippen molar-refractivity contribution in [2.45, 2.75) is 13.5 Å². The zero-order valence-corrected chi connectivity index (χ0v) is 20.5. The van der Waals surface area contributed by atoms with Crippen molar-refractivity contribution in [3.05, 3.63) is 44.4 Å². The van der Waals surface area contributed by atoms with Crippen molar-refractivity contribution in [2.24, 2.45) is 0 Å². The SMILES string of the molecule is COCOc1cc(CO)c(C(=O)c2c(OCOC)c(Cl)c(C)c(Cl)c2OCOC)c(OC)c1. The highest BCUT2D eigenvalue weighted by Gasteiger charge is 2.31. The summed E-state index contributed by atoms with van der Waals surface area (Å²) in [6.45, 7) is 0.739. The molecule has 2 rings (SSSR count). The third-order valence-electron chi connectivity index (χ3n) is 4.50. The number of ketones is 1. The number of hydrogen-bond donors (Lipinski definition) is 1. The fourth-order valence-corrected chi connectivity index (χ4v) is 3.53. The van der Waals surface area contributed by atoms with Crippen LogP contribution in [0.25, 0.3) is 0 Å². The molecule has 0 aromatic heterocycles. The quantitative estimate of drug-likeness (QED) is 0.320. The van der Waals surface area contributed by atoms with Gasteiger partial charge in [0.1, 0.15) is 17.1 Å². The van der Waals surface area contributed by atoms with E-state index in [-0.39, 0.29) is 64.4 Å². The van der Waals surface area contributed by atoms with E-state index in [1.165, 1.54) is 40.6 Å². The van der Waals surface area contributed by atoms with Crippen molar-refractivity contribution in [1.29, 1.82) is 0 Å². The second kappa shape index (κ2) is 12.8. The summed E-state index contributed by atoms with van der Waals surface area (Å²) in [5, 5.41) is 10.2. The van der Waals surface area contributed by atoms with Gasteiger partial charge >= 0.3 is 0 Å². The molecule has 1 N–H and O–H groups in total. The lowest BCUT2D eigenvalue weighted by Crippen LogP contribution is -2.15. The Hall–Kier alpha value is -2.27. The molecule has 11 heteroatoms. The van der Waals surface area contributed by atoms with Gasteiger partial charge in [-0.3, -0.25) is 4.79 Å². The molecular formula is C22H26Cl2O9. The molecule has 0 spiro atoms. The fraction of sp³-hybridized carbons (Fsp3) is 0.409. The smallest absolute Gasteiger partial charge is 0.204 e. The molecule has 0 aliphatic heterocycles. The summed E-state index contributed by atoms with van der Waals surface area (Å²) in [6.07, 6.45) is 0. The molecule has 33 heavy (non-hydrogen) atoms. The Labute approximate surface area is 201 Å². The Kier molecular flexibility index (Phi) is 10.5. The molecule has 0 amide bonds. The van der Waals surface area contributed by atoms with E-state index < -0.39 is 12.4 Å². The van der Waals surface area contributed by atoms with E-state index in [0.29, 0.717) is 11.3 Å². The summed E-state index contributed by atoms with van der Waals surface area (Å²) >= 11 is 13.0. The van der Waals surface area contributed by atoms with E-state index in [4.69, 9.17) is 56.4 Å². The van der Waals surface area contributed by atoms with Gasteiger partial charge in [0.15, 0.2) is 31.9 Å². The number of hydrogen-bond acceptors (Lipinski definition) is 9. The van der Waals surface area contributed by atoms with Crippen molar-refractivity contribution in [1.82, 2.24) is 0 Å². The molecule has 0 heterocycles. The van der Waals surface area contributed by atoms with E-state index >= 15 is 0 Å². The predicted molar refractivity (Wildman–Crippen MR) is 121 cm³/mol. The van der Waals surface area contributed by atoms with Gasteiger partial charge in [0, 0.05) is 27.4 Å². The number of benzene rings is 2. The highest BCUT2D eigenvalue weighted by molar-refractivity contribution is 6.39. The number of aliphatic hydroxyl groups is 1. The van der Waals surface area contributed by atoms with Gasteiger partial charge in [0.25, 0.3) is 0 Å². The molecule has 0 aliphatic carbocycles. The Morgan fingerprint density at radius 1 is 0.848 bits per heavy atom. The molecule has 182 valence electrons. The van der Waals surface area contributed by atoms with Crippen molar-refractivity contribution in [3.63, 3.8) is 0 Å². The minimum atomic E-state index is -0.616. The number of ether oxygens (including phenoxy) is 7. The number of aliphatic hydroxyl groups excluding tert-OH is 1. The van der Waals surface area contributed by atoms with Crippen LogP contribution in [-0.2, 0) is 20.8 Å². The van der Waals surface area contributed by atoms with Gasteiger partial charge in [-0.15, -0.1) is 0 Å². The Balaban J connectivity index is 2.80. The lowest BCUT2D eigenvalue weighted by molar-refractivity contribution is 0.0446. The van der Waals surface area contributed by atoms with E-state index in [9.17, 15) is 9.90 Å². The Morgan fingerprint density at radius 3 is 1.82 bits per heavy atom. The van der Waals surface area contributed by atoms with Crippen molar-refractivity contribution in [2.75, 3.05) is 48.8 Å². The van der Waals surface area contributed by atoms with Crippen LogP contribution in [0.5, 0.6) is 23.0 Å². The second-order valence-corrected chi connectivity index (χ2v) is 7.34. The fourth-order valence-electron chi connectivity index (χ4n) is 3.00. The number of halogens is 2. The van der Waals surface area contributed by atoms with Gasteiger partial charge in [-0.25, -0.2) is 0 Å². The molecular weight excluding hydrogens is 479 g/mol. The van der Waals surface area contributed by atoms with Gasteiger partial charge in [-0.1, -0.05) is 23.2 Å². The highest BCUT2D eigenvalue weighted by atomic mass is 35.5. The van der Waals surface area contributed by atoms with Crippen molar-refractivity contribution >= 4 is 29.0 Å². The second-order valence-electron chi connectivity index (χ2n) is 6.59. The summed E-state index contributed by atoms with van der Waals surface area (Å²) < 4.78 is 37.0. The number of methoxy groups -OCH3 is 4. The molecule has 2 aromatic rings. The van der Waals surface area contributed by atoms with Crippen LogP contribution in [0.2, 0.25) is 10.0 Å². The normalized spacial score (nSPS) is 10.8. The van der Waals surface area contributed by atoms with E-state index in [1.807, 2.05) is 0 Å². The summed E-state index contributed by atoms with van der Waals surface area (Å²) in [7, 11) is 5.70. The zero-order valence-electron chi connectivity index (χ0n) is 19.0. The van der Waals surface area contributed by atoms with Crippen LogP contribution in [0.4, 0.5) is 0 Å². The van der Waals surface area contributed by atoms with Gasteiger partial charge < -0.3 is 38.3 Å². The van der Waals surface area contributed by atoms with Crippen LogP contribution in [0.15, 0.2) is 12.1 Å². The molecule has 0 unspecified atom stereocenters. The number of rotatable bonds is 13. The Bertz CT molecular complexity index is 919. The summed E-state index contributed by atoms with van der Waals surface area (Å²) in [5.74, 6) is -0.138. The standard InChI is InChI=1S/C22H26Cl2O9/c1-12-18(23)21(32-10-28-3)17(22(19(12)24)33-11-29-4)20(26)16-13(8-25)6-14(31-9-27-2)7-15(16)30-5/h6-7,25H,8-11H2,1-5H3. The average Bonchev–Trinajstić information content (AvgIpc) is 2.83. The van der Waals surface area contributed by atoms with Crippen LogP contribution >= 0.6 is 23.2 Å². The molecule has 0 saturated carbocycles. The van der Waals surface area contributed by atoms with Gasteiger partial charge in [-0.2, -0.15) is 0 Å². The lowest BCUT2D eigenvalue weighted by Gasteiger charge is -2.21. The largest absolute Gasteiger partial charge is 0.496 e. The maximum absolute atomic E-state index is 13.9. The van der Waals surface area contributed by atoms with Crippen LogP contribution in [-0.4, -0.2) is 59.7 Å². The van der Waals surface area contributed by atoms with Gasteiger partial charge in [0.05, 0.1) is 29.3 Å². The third-order valence-corrected chi connectivity index (χ3v) is 5.41. The molecule has 0 atom stereocenters. The minimum Gasteiger partial charge on any atom is -0.496 e. The molecule has 0 radical (unpaired) electrons. The number of carbonyl (C=O) groups is 1. The van der Waals surface area contributed by atoms with Gasteiger partial charge in [-0.05, 0) is 24.1 Å². The monoisotopic (exact) mass is 504 g/mol. The van der Waals surface area contributed by atoms with Crippen LogP contribution in [0.1, 0.15) is 27.0 Å².